The summed E-state index contributed by atoms with van der Waals surface area (Å²) in [7, 11) is 0. The fraction of sp³-hybridized carbons (Fsp3) is 0.158. The van der Waals surface area contributed by atoms with Crippen LogP contribution in [-0.4, -0.2) is 30.9 Å². The number of hydrogen-bond donors (Lipinski definition) is 2. The molecule has 1 unspecified atom stereocenters. The van der Waals surface area contributed by atoms with Crippen LogP contribution in [-0.2, 0) is 0 Å². The summed E-state index contributed by atoms with van der Waals surface area (Å²) < 4.78 is 14.8. The Kier molecular flexibility index (Phi) is 4.37. The van der Waals surface area contributed by atoms with Crippen molar-refractivity contribution < 1.29 is 9.18 Å². The molecule has 0 spiro atoms. The van der Waals surface area contributed by atoms with Gasteiger partial charge in [0.25, 0.3) is 5.91 Å². The second-order valence-corrected chi connectivity index (χ2v) is 6.10. The average Bonchev–Trinajstić information content (AvgIpc) is 3.36. The van der Waals surface area contributed by atoms with Crippen molar-refractivity contribution in [2.24, 2.45) is 0 Å². The van der Waals surface area contributed by atoms with Crippen molar-refractivity contribution >= 4 is 16.8 Å². The van der Waals surface area contributed by atoms with Crippen molar-refractivity contribution in [2.45, 2.75) is 19.4 Å². The van der Waals surface area contributed by atoms with Crippen molar-refractivity contribution in [3.8, 4) is 5.69 Å². The Morgan fingerprint density at radius 2 is 2.04 bits per heavy atom. The number of H-pyrrole nitrogens is 1. The van der Waals surface area contributed by atoms with E-state index in [1.807, 2.05) is 13.0 Å². The average molecular weight is 364 g/mol. The molecule has 3 aromatic heterocycles. The Morgan fingerprint density at radius 3 is 2.74 bits per heavy atom. The summed E-state index contributed by atoms with van der Waals surface area (Å²) >= 11 is 0. The molecule has 4 aromatic rings. The molecule has 2 N–H and O–H groups in total. The summed E-state index contributed by atoms with van der Waals surface area (Å²) in [5, 5.41) is 14.8. The number of aromatic nitrogens is 5. The molecule has 27 heavy (non-hydrogen) atoms. The van der Waals surface area contributed by atoms with Gasteiger partial charge < -0.3 is 5.32 Å². The van der Waals surface area contributed by atoms with Gasteiger partial charge in [0.05, 0.1) is 40.9 Å². The van der Waals surface area contributed by atoms with Gasteiger partial charge in [0.15, 0.2) is 0 Å². The summed E-state index contributed by atoms with van der Waals surface area (Å²) in [5.41, 5.74) is 2.63. The molecule has 4 rings (SSSR count). The van der Waals surface area contributed by atoms with Crippen molar-refractivity contribution in [3.63, 3.8) is 0 Å². The molecule has 0 radical (unpaired) electrons. The standard InChI is InChI=1S/C19H17FN6O/c1-2-16(17-7-8-22-25-17)24-19(27)15-9-21-11-18-14(15)10-23-26(18)13-5-3-12(20)4-6-13/h3-11,16H,2H2,1H3,(H,22,25)(H,24,27). The van der Waals surface area contributed by atoms with Gasteiger partial charge in [0.1, 0.15) is 5.82 Å². The van der Waals surface area contributed by atoms with E-state index in [0.717, 1.165) is 5.69 Å². The van der Waals surface area contributed by atoms with E-state index < -0.39 is 0 Å². The largest absolute Gasteiger partial charge is 0.344 e. The number of halogens is 1. The topological polar surface area (TPSA) is 88.5 Å². The summed E-state index contributed by atoms with van der Waals surface area (Å²) in [5.74, 6) is -0.564. The van der Waals surface area contributed by atoms with Gasteiger partial charge in [-0.25, -0.2) is 9.07 Å². The van der Waals surface area contributed by atoms with E-state index in [0.29, 0.717) is 28.6 Å². The Balaban J connectivity index is 1.68. The molecule has 8 heteroatoms. The molecular formula is C19H17FN6O. The van der Waals surface area contributed by atoms with Crippen LogP contribution in [0.1, 0.15) is 35.4 Å². The third kappa shape index (κ3) is 3.17. The highest BCUT2D eigenvalue weighted by Crippen LogP contribution is 2.22. The highest BCUT2D eigenvalue weighted by atomic mass is 19.1. The zero-order valence-electron chi connectivity index (χ0n) is 14.6. The first kappa shape index (κ1) is 16.9. The maximum absolute atomic E-state index is 13.2. The smallest absolute Gasteiger partial charge is 0.254 e. The van der Waals surface area contributed by atoms with Crippen molar-refractivity contribution in [1.82, 2.24) is 30.3 Å². The second-order valence-electron chi connectivity index (χ2n) is 6.10. The van der Waals surface area contributed by atoms with Gasteiger partial charge in [0, 0.05) is 17.8 Å². The third-order valence-corrected chi connectivity index (χ3v) is 4.42. The lowest BCUT2D eigenvalue weighted by molar-refractivity contribution is 0.0936. The molecule has 0 fully saturated rings. The van der Waals surface area contributed by atoms with Gasteiger partial charge >= 0.3 is 0 Å². The highest BCUT2D eigenvalue weighted by Gasteiger charge is 2.19. The monoisotopic (exact) mass is 364 g/mol. The molecule has 0 aliphatic heterocycles. The minimum absolute atomic E-state index is 0.178. The molecule has 1 amide bonds. The van der Waals surface area contributed by atoms with Crippen LogP contribution in [0, 0.1) is 5.82 Å². The first-order valence-electron chi connectivity index (χ1n) is 8.55. The Labute approximate surface area is 154 Å². The van der Waals surface area contributed by atoms with E-state index in [2.05, 4.69) is 25.6 Å². The van der Waals surface area contributed by atoms with Gasteiger partial charge in [-0.15, -0.1) is 0 Å². The quantitative estimate of drug-likeness (QED) is 0.569. The molecular weight excluding hydrogens is 347 g/mol. The maximum atomic E-state index is 13.2. The Hall–Kier alpha value is -3.55. The SMILES string of the molecule is CCC(NC(=O)c1cncc2c1cnn2-c1ccc(F)cc1)c1ccn[nH]1. The van der Waals surface area contributed by atoms with Crippen LogP contribution in [0.25, 0.3) is 16.6 Å². The minimum Gasteiger partial charge on any atom is -0.344 e. The molecule has 7 nitrogen and oxygen atoms in total. The van der Waals surface area contributed by atoms with Crippen LogP contribution < -0.4 is 5.32 Å². The predicted molar refractivity (Wildman–Crippen MR) is 97.9 cm³/mol. The molecule has 0 bridgehead atoms. The van der Waals surface area contributed by atoms with Crippen molar-refractivity contribution in [3.05, 3.63) is 72.2 Å². The second kappa shape index (κ2) is 6.99. The van der Waals surface area contributed by atoms with E-state index in [1.165, 1.54) is 18.3 Å². The zero-order chi connectivity index (χ0) is 18.8. The number of nitrogens with one attached hydrogen (secondary N) is 2. The number of benzene rings is 1. The van der Waals surface area contributed by atoms with Crippen molar-refractivity contribution in [1.29, 1.82) is 0 Å². The van der Waals surface area contributed by atoms with Crippen LogP contribution in [0.5, 0.6) is 0 Å². The van der Waals surface area contributed by atoms with E-state index in [-0.39, 0.29) is 17.8 Å². The number of hydrogen-bond acceptors (Lipinski definition) is 4. The molecule has 1 atom stereocenters. The number of amides is 1. The lowest BCUT2D eigenvalue weighted by atomic mass is 10.1. The van der Waals surface area contributed by atoms with E-state index >= 15 is 0 Å². The summed E-state index contributed by atoms with van der Waals surface area (Å²) in [6, 6.07) is 7.63. The lowest BCUT2D eigenvalue weighted by Crippen LogP contribution is -2.28. The number of fused-ring (bicyclic) bond motifs is 1. The molecule has 136 valence electrons. The van der Waals surface area contributed by atoms with E-state index in [9.17, 15) is 9.18 Å². The van der Waals surface area contributed by atoms with Gasteiger partial charge in [-0.1, -0.05) is 6.92 Å². The molecule has 0 aliphatic carbocycles. The maximum Gasteiger partial charge on any atom is 0.254 e. The van der Waals surface area contributed by atoms with Gasteiger partial charge in [-0.2, -0.15) is 10.2 Å². The summed E-state index contributed by atoms with van der Waals surface area (Å²) in [6.45, 7) is 1.98. The fourth-order valence-corrected chi connectivity index (χ4v) is 3.01. The number of carbonyl (C=O) groups excluding carboxylic acids is 1. The lowest BCUT2D eigenvalue weighted by Gasteiger charge is -2.15. The van der Waals surface area contributed by atoms with Gasteiger partial charge in [-0.3, -0.25) is 14.9 Å². The van der Waals surface area contributed by atoms with E-state index in [1.54, 1.807) is 35.4 Å². The number of pyridine rings is 1. The normalized spacial score (nSPS) is 12.2. The summed E-state index contributed by atoms with van der Waals surface area (Å²) in [6.07, 6.45) is 7.14. The van der Waals surface area contributed by atoms with Crippen molar-refractivity contribution in [2.75, 3.05) is 0 Å². The Morgan fingerprint density at radius 1 is 1.22 bits per heavy atom. The first-order chi connectivity index (χ1) is 13.2. The van der Waals surface area contributed by atoms with Gasteiger partial charge in [-0.05, 0) is 36.8 Å². The summed E-state index contributed by atoms with van der Waals surface area (Å²) in [4.78, 5) is 17.0. The molecule has 0 aliphatic rings. The van der Waals surface area contributed by atoms with Crippen LogP contribution in [0.4, 0.5) is 4.39 Å². The van der Waals surface area contributed by atoms with E-state index in [4.69, 9.17) is 0 Å². The third-order valence-electron chi connectivity index (χ3n) is 4.42. The highest BCUT2D eigenvalue weighted by molar-refractivity contribution is 6.06. The number of aromatic amines is 1. The van der Waals surface area contributed by atoms with Gasteiger partial charge in [0.2, 0.25) is 0 Å². The molecule has 1 aromatic carbocycles. The molecule has 0 saturated heterocycles. The van der Waals surface area contributed by atoms with Crippen LogP contribution in [0.2, 0.25) is 0 Å². The number of nitrogens with zero attached hydrogens (tertiary/aromatic N) is 4. The minimum atomic E-state index is -0.321. The number of carbonyl (C=O) groups is 1. The number of rotatable bonds is 5. The van der Waals surface area contributed by atoms with Crippen LogP contribution in [0.3, 0.4) is 0 Å². The molecule has 3 heterocycles. The Bertz CT molecular complexity index is 1070. The zero-order valence-corrected chi connectivity index (χ0v) is 14.6. The fourth-order valence-electron chi connectivity index (χ4n) is 3.01. The first-order valence-corrected chi connectivity index (χ1v) is 8.55. The molecule has 0 saturated carbocycles. The predicted octanol–water partition coefficient (Wildman–Crippen LogP) is 3.16. The van der Waals surface area contributed by atoms with Crippen LogP contribution in [0.15, 0.2) is 55.1 Å². The van der Waals surface area contributed by atoms with Crippen LogP contribution >= 0.6 is 0 Å².